The first kappa shape index (κ1) is 22.3. The van der Waals surface area contributed by atoms with Crippen LogP contribution in [0.3, 0.4) is 0 Å². The highest BCUT2D eigenvalue weighted by Gasteiger charge is 2.45. The summed E-state index contributed by atoms with van der Waals surface area (Å²) < 4.78 is 7.51. The summed E-state index contributed by atoms with van der Waals surface area (Å²) in [6, 6.07) is 9.70. The van der Waals surface area contributed by atoms with Crippen molar-refractivity contribution in [1.29, 1.82) is 0 Å². The van der Waals surface area contributed by atoms with Gasteiger partial charge in [-0.15, -0.1) is 0 Å². The van der Waals surface area contributed by atoms with E-state index in [9.17, 15) is 14.7 Å². The topological polar surface area (TPSA) is 97.6 Å². The van der Waals surface area contributed by atoms with E-state index in [1.165, 1.54) is 4.90 Å². The molecule has 3 heterocycles. The standard InChI is InChI=1S/C25H26N4O4/c1-2-15-33-20-8-6-18(7-9-20)23(30)21-22(19-5-3-10-26-16-19)29(25(32)24(21)31)13-4-12-28-14-11-27-17-28/h3,5-11,14,16-17,22,30H,2,4,12-13,15H2,1H3/b23-21+/t22-/m1/s1. The Balaban J connectivity index is 1.66. The van der Waals surface area contributed by atoms with E-state index in [0.29, 0.717) is 43.0 Å². The zero-order chi connectivity index (χ0) is 23.2. The van der Waals surface area contributed by atoms with Gasteiger partial charge in [-0.25, -0.2) is 4.98 Å². The lowest BCUT2D eigenvalue weighted by atomic mass is 9.96. The van der Waals surface area contributed by atoms with Gasteiger partial charge in [0, 0.05) is 43.4 Å². The summed E-state index contributed by atoms with van der Waals surface area (Å²) in [6.45, 7) is 3.62. The Labute approximate surface area is 192 Å². The highest BCUT2D eigenvalue weighted by atomic mass is 16.5. The molecule has 0 spiro atoms. The maximum absolute atomic E-state index is 13.0. The molecule has 33 heavy (non-hydrogen) atoms. The van der Waals surface area contributed by atoms with Gasteiger partial charge in [-0.05, 0) is 48.7 Å². The van der Waals surface area contributed by atoms with Gasteiger partial charge >= 0.3 is 0 Å². The molecule has 1 saturated heterocycles. The summed E-state index contributed by atoms with van der Waals surface area (Å²) in [4.78, 5) is 35.7. The number of imidazole rings is 1. The minimum Gasteiger partial charge on any atom is -0.507 e. The van der Waals surface area contributed by atoms with Gasteiger partial charge in [-0.1, -0.05) is 13.0 Å². The van der Waals surface area contributed by atoms with Crippen LogP contribution in [-0.4, -0.2) is 49.4 Å². The Bertz CT molecular complexity index is 1120. The number of nitrogens with zero attached hydrogens (tertiary/aromatic N) is 4. The number of aryl methyl sites for hydroxylation is 1. The maximum atomic E-state index is 13.0. The van der Waals surface area contributed by atoms with Crippen LogP contribution in [0.15, 0.2) is 73.1 Å². The van der Waals surface area contributed by atoms with Crippen molar-refractivity contribution < 1.29 is 19.4 Å². The van der Waals surface area contributed by atoms with E-state index in [2.05, 4.69) is 9.97 Å². The molecule has 0 saturated carbocycles. The number of aliphatic hydroxyl groups is 1. The summed E-state index contributed by atoms with van der Waals surface area (Å²) >= 11 is 0. The Morgan fingerprint density at radius 1 is 1.09 bits per heavy atom. The molecular weight excluding hydrogens is 420 g/mol. The van der Waals surface area contributed by atoms with Crippen LogP contribution < -0.4 is 4.74 Å². The van der Waals surface area contributed by atoms with Crippen molar-refractivity contribution in [3.05, 3.63) is 84.2 Å². The van der Waals surface area contributed by atoms with Crippen molar-refractivity contribution in [2.24, 2.45) is 0 Å². The molecule has 0 unspecified atom stereocenters. The third-order valence-corrected chi connectivity index (χ3v) is 5.52. The molecule has 0 radical (unpaired) electrons. The quantitative estimate of drug-likeness (QED) is 0.307. The van der Waals surface area contributed by atoms with Gasteiger partial charge in [0.1, 0.15) is 11.5 Å². The van der Waals surface area contributed by atoms with Crippen molar-refractivity contribution in [2.75, 3.05) is 13.2 Å². The fourth-order valence-electron chi connectivity index (χ4n) is 3.92. The van der Waals surface area contributed by atoms with Gasteiger partial charge < -0.3 is 19.3 Å². The molecular formula is C25H26N4O4. The lowest BCUT2D eigenvalue weighted by Crippen LogP contribution is -2.31. The molecule has 3 aromatic rings. The second kappa shape index (κ2) is 10.1. The van der Waals surface area contributed by atoms with E-state index >= 15 is 0 Å². The van der Waals surface area contributed by atoms with E-state index in [1.54, 1.807) is 61.3 Å². The summed E-state index contributed by atoms with van der Waals surface area (Å²) in [5, 5.41) is 11.1. The van der Waals surface area contributed by atoms with E-state index in [-0.39, 0.29) is 11.3 Å². The monoisotopic (exact) mass is 446 g/mol. The second-order valence-corrected chi connectivity index (χ2v) is 7.81. The number of hydrogen-bond acceptors (Lipinski definition) is 6. The number of aromatic nitrogens is 3. The van der Waals surface area contributed by atoms with Crippen molar-refractivity contribution in [3.8, 4) is 5.75 Å². The summed E-state index contributed by atoms with van der Waals surface area (Å²) in [5.74, 6) is -0.854. The second-order valence-electron chi connectivity index (χ2n) is 7.81. The first-order valence-electron chi connectivity index (χ1n) is 11.0. The van der Waals surface area contributed by atoms with Crippen LogP contribution in [0.1, 0.15) is 36.9 Å². The third kappa shape index (κ3) is 4.79. The maximum Gasteiger partial charge on any atom is 0.295 e. The smallest absolute Gasteiger partial charge is 0.295 e. The van der Waals surface area contributed by atoms with Crippen LogP contribution in [0.5, 0.6) is 5.75 Å². The molecule has 4 rings (SSSR count). The molecule has 1 aliphatic heterocycles. The van der Waals surface area contributed by atoms with E-state index < -0.39 is 17.7 Å². The molecule has 1 aromatic carbocycles. The number of ketones is 1. The molecule has 8 nitrogen and oxygen atoms in total. The number of benzene rings is 1. The highest BCUT2D eigenvalue weighted by molar-refractivity contribution is 6.46. The zero-order valence-corrected chi connectivity index (χ0v) is 18.4. The Hall–Kier alpha value is -3.94. The lowest BCUT2D eigenvalue weighted by molar-refractivity contribution is -0.139. The van der Waals surface area contributed by atoms with Crippen LogP contribution in [-0.2, 0) is 16.1 Å². The Morgan fingerprint density at radius 2 is 1.91 bits per heavy atom. The molecule has 0 aliphatic carbocycles. The average molecular weight is 447 g/mol. The first-order valence-corrected chi connectivity index (χ1v) is 11.0. The minimum atomic E-state index is -0.711. The third-order valence-electron chi connectivity index (χ3n) is 5.52. The van der Waals surface area contributed by atoms with Crippen molar-refractivity contribution in [2.45, 2.75) is 32.4 Å². The number of Topliss-reactive ketones (excluding diaryl/α,β-unsaturated/α-hetero) is 1. The van der Waals surface area contributed by atoms with Crippen LogP contribution >= 0.6 is 0 Å². The van der Waals surface area contributed by atoms with Crippen LogP contribution in [0, 0.1) is 0 Å². The SMILES string of the molecule is CCCOc1ccc(/C(O)=C2\C(=O)C(=O)N(CCCn3ccnc3)[C@@H]2c2cccnc2)cc1. The summed E-state index contributed by atoms with van der Waals surface area (Å²) in [7, 11) is 0. The van der Waals surface area contributed by atoms with E-state index in [4.69, 9.17) is 4.74 Å². The van der Waals surface area contributed by atoms with Gasteiger partial charge in [0.2, 0.25) is 0 Å². The largest absolute Gasteiger partial charge is 0.507 e. The number of amides is 1. The fourth-order valence-corrected chi connectivity index (χ4v) is 3.92. The van der Waals surface area contributed by atoms with Crippen molar-refractivity contribution >= 4 is 17.4 Å². The highest BCUT2D eigenvalue weighted by Crippen LogP contribution is 2.39. The number of ether oxygens (including phenoxy) is 1. The molecule has 0 bridgehead atoms. The van der Waals surface area contributed by atoms with Crippen molar-refractivity contribution in [1.82, 2.24) is 19.4 Å². The molecule has 1 atom stereocenters. The fraction of sp³-hybridized carbons (Fsp3) is 0.280. The van der Waals surface area contributed by atoms with Crippen LogP contribution in [0.25, 0.3) is 5.76 Å². The summed E-state index contributed by atoms with van der Waals surface area (Å²) in [6.07, 6.45) is 10.0. The summed E-state index contributed by atoms with van der Waals surface area (Å²) in [5.41, 5.74) is 1.19. The van der Waals surface area contributed by atoms with Gasteiger partial charge in [0.25, 0.3) is 11.7 Å². The number of likely N-dealkylation sites (tertiary alicyclic amines) is 1. The predicted molar refractivity (Wildman–Crippen MR) is 122 cm³/mol. The zero-order valence-electron chi connectivity index (χ0n) is 18.4. The molecule has 170 valence electrons. The van der Waals surface area contributed by atoms with Gasteiger partial charge in [0.05, 0.1) is 24.5 Å². The minimum absolute atomic E-state index is 0.0675. The Kier molecular flexibility index (Phi) is 6.83. The van der Waals surface area contributed by atoms with Gasteiger partial charge in [-0.2, -0.15) is 0 Å². The number of hydrogen-bond donors (Lipinski definition) is 1. The van der Waals surface area contributed by atoms with Gasteiger partial charge in [-0.3, -0.25) is 14.6 Å². The lowest BCUT2D eigenvalue weighted by Gasteiger charge is -2.25. The number of carbonyl (C=O) groups excluding carboxylic acids is 2. The molecule has 1 aliphatic rings. The van der Waals surface area contributed by atoms with E-state index in [0.717, 1.165) is 6.42 Å². The normalized spacial score (nSPS) is 17.5. The predicted octanol–water partition coefficient (Wildman–Crippen LogP) is 3.58. The van der Waals surface area contributed by atoms with E-state index in [1.807, 2.05) is 17.7 Å². The molecule has 1 N–H and O–H groups in total. The number of rotatable bonds is 9. The molecule has 1 fully saturated rings. The van der Waals surface area contributed by atoms with Crippen molar-refractivity contribution in [3.63, 3.8) is 0 Å². The number of pyridine rings is 1. The molecule has 8 heteroatoms. The average Bonchev–Trinajstić information content (AvgIpc) is 3.45. The Morgan fingerprint density at radius 3 is 2.58 bits per heavy atom. The number of aliphatic hydroxyl groups excluding tert-OH is 1. The van der Waals surface area contributed by atoms with Crippen LogP contribution in [0.2, 0.25) is 0 Å². The number of carbonyl (C=O) groups is 2. The van der Waals surface area contributed by atoms with Crippen LogP contribution in [0.4, 0.5) is 0 Å². The first-order chi connectivity index (χ1) is 16.1. The molecule has 2 aromatic heterocycles. The molecule has 1 amide bonds. The van der Waals surface area contributed by atoms with Gasteiger partial charge in [0.15, 0.2) is 0 Å².